The van der Waals surface area contributed by atoms with Crippen molar-refractivity contribution in [3.8, 4) is 11.5 Å². The summed E-state index contributed by atoms with van der Waals surface area (Å²) < 4.78 is 10.5. The standard InChI is InChI=1S/C23H28N2O7/c1-6-25(22(29)31-5)19-10-7-14(11-17(19)23(2,3)4)18(24-30)13-32-15-8-9-16(21(27)28)20(26)12-15/h7-12,18,26H,6,13H2,1-5H3,(H,27,28). The van der Waals surface area contributed by atoms with Gasteiger partial charge in [-0.15, -0.1) is 0 Å². The molecule has 0 aliphatic carbocycles. The summed E-state index contributed by atoms with van der Waals surface area (Å²) in [4.78, 5) is 36.3. The van der Waals surface area contributed by atoms with Crippen molar-refractivity contribution in [2.45, 2.75) is 39.2 Å². The summed E-state index contributed by atoms with van der Waals surface area (Å²) in [5.74, 6) is -1.49. The van der Waals surface area contributed by atoms with Crippen LogP contribution in [0.4, 0.5) is 10.5 Å². The molecule has 0 aliphatic heterocycles. The van der Waals surface area contributed by atoms with E-state index in [1.807, 2.05) is 33.8 Å². The van der Waals surface area contributed by atoms with Crippen LogP contribution in [0.2, 0.25) is 0 Å². The minimum atomic E-state index is -1.26. The zero-order valence-corrected chi connectivity index (χ0v) is 18.8. The van der Waals surface area contributed by atoms with Crippen molar-refractivity contribution in [2.75, 3.05) is 25.2 Å². The Hall–Kier alpha value is -3.62. The second-order valence-electron chi connectivity index (χ2n) is 8.16. The number of methoxy groups -OCH3 is 1. The molecule has 0 aliphatic rings. The molecule has 9 heteroatoms. The van der Waals surface area contributed by atoms with E-state index in [2.05, 4.69) is 5.18 Å². The topological polar surface area (TPSA) is 126 Å². The number of nitrogens with zero attached hydrogens (tertiary/aromatic N) is 2. The van der Waals surface area contributed by atoms with E-state index in [0.717, 1.165) is 5.56 Å². The second-order valence-corrected chi connectivity index (χ2v) is 8.16. The molecule has 0 bridgehead atoms. The molecule has 0 heterocycles. The van der Waals surface area contributed by atoms with Crippen LogP contribution in [0.5, 0.6) is 11.5 Å². The molecule has 2 N–H and O–H groups in total. The fourth-order valence-electron chi connectivity index (χ4n) is 3.25. The van der Waals surface area contributed by atoms with Gasteiger partial charge in [0.05, 0.1) is 12.8 Å². The van der Waals surface area contributed by atoms with E-state index in [0.29, 0.717) is 17.8 Å². The maximum atomic E-state index is 12.2. The van der Waals surface area contributed by atoms with Crippen LogP contribution >= 0.6 is 0 Å². The summed E-state index contributed by atoms with van der Waals surface area (Å²) in [5, 5.41) is 22.0. The van der Waals surface area contributed by atoms with Crippen LogP contribution in [0.3, 0.4) is 0 Å². The fraction of sp³-hybridized carbons (Fsp3) is 0.391. The third-order valence-electron chi connectivity index (χ3n) is 4.95. The lowest BCUT2D eigenvalue weighted by atomic mass is 9.83. The molecule has 0 fully saturated rings. The lowest BCUT2D eigenvalue weighted by Gasteiger charge is -2.29. The van der Waals surface area contributed by atoms with Gasteiger partial charge in [-0.05, 0) is 41.7 Å². The van der Waals surface area contributed by atoms with Crippen molar-refractivity contribution in [1.82, 2.24) is 0 Å². The normalized spacial score (nSPS) is 12.0. The van der Waals surface area contributed by atoms with E-state index >= 15 is 0 Å². The summed E-state index contributed by atoms with van der Waals surface area (Å²) in [6.07, 6.45) is -0.483. The maximum absolute atomic E-state index is 12.2. The SMILES string of the molecule is CCN(C(=O)OC)c1ccc(C(COc2ccc(C(=O)O)c(O)c2)N=O)cc1C(C)(C)C. The molecule has 0 saturated heterocycles. The maximum Gasteiger partial charge on any atom is 0.413 e. The van der Waals surface area contributed by atoms with Gasteiger partial charge >= 0.3 is 12.1 Å². The molecular formula is C23H28N2O7. The zero-order chi connectivity index (χ0) is 24.1. The van der Waals surface area contributed by atoms with Gasteiger partial charge in [-0.1, -0.05) is 38.1 Å². The Morgan fingerprint density at radius 2 is 1.84 bits per heavy atom. The van der Waals surface area contributed by atoms with Crippen LogP contribution in [0.1, 0.15) is 55.2 Å². The number of rotatable bonds is 8. The van der Waals surface area contributed by atoms with E-state index in [9.17, 15) is 19.6 Å². The summed E-state index contributed by atoms with van der Waals surface area (Å²) in [6.45, 7) is 8.11. The molecule has 2 aromatic rings. The van der Waals surface area contributed by atoms with Crippen molar-refractivity contribution in [3.63, 3.8) is 0 Å². The van der Waals surface area contributed by atoms with E-state index in [1.165, 1.54) is 30.2 Å². The molecule has 172 valence electrons. The summed E-state index contributed by atoms with van der Waals surface area (Å²) >= 11 is 0. The lowest BCUT2D eigenvalue weighted by Crippen LogP contribution is -2.33. The van der Waals surface area contributed by atoms with Gasteiger partial charge in [0.15, 0.2) is 6.04 Å². The highest BCUT2D eigenvalue weighted by atomic mass is 16.5. The number of amides is 1. The Balaban J connectivity index is 2.34. The van der Waals surface area contributed by atoms with Gasteiger partial charge in [0.2, 0.25) is 0 Å². The molecule has 2 rings (SSSR count). The highest BCUT2D eigenvalue weighted by Crippen LogP contribution is 2.35. The van der Waals surface area contributed by atoms with Crippen molar-refractivity contribution in [1.29, 1.82) is 0 Å². The van der Waals surface area contributed by atoms with Crippen molar-refractivity contribution in [3.05, 3.63) is 58.0 Å². The number of ether oxygens (including phenoxy) is 2. The average molecular weight is 444 g/mol. The number of carboxylic acids is 1. The molecule has 0 radical (unpaired) electrons. The van der Waals surface area contributed by atoms with Gasteiger partial charge in [-0.3, -0.25) is 4.90 Å². The minimum absolute atomic E-state index is 0.118. The first-order valence-electron chi connectivity index (χ1n) is 10.0. The van der Waals surface area contributed by atoms with Gasteiger partial charge in [0, 0.05) is 12.6 Å². The van der Waals surface area contributed by atoms with Gasteiger partial charge in [-0.25, -0.2) is 9.59 Å². The van der Waals surface area contributed by atoms with Crippen molar-refractivity contribution >= 4 is 17.7 Å². The van der Waals surface area contributed by atoms with Gasteiger partial charge in [0.1, 0.15) is 23.7 Å². The van der Waals surface area contributed by atoms with Crippen LogP contribution in [-0.2, 0) is 10.2 Å². The molecule has 32 heavy (non-hydrogen) atoms. The number of hydrogen-bond acceptors (Lipinski definition) is 7. The highest BCUT2D eigenvalue weighted by Gasteiger charge is 2.26. The largest absolute Gasteiger partial charge is 0.507 e. The quantitative estimate of drug-likeness (QED) is 0.556. The van der Waals surface area contributed by atoms with Gasteiger partial charge in [-0.2, -0.15) is 4.91 Å². The Labute approximate surface area is 186 Å². The molecule has 0 saturated carbocycles. The Bertz CT molecular complexity index is 998. The number of benzene rings is 2. The first-order chi connectivity index (χ1) is 15.0. The van der Waals surface area contributed by atoms with Gasteiger partial charge < -0.3 is 19.7 Å². The molecule has 1 atom stereocenters. The van der Waals surface area contributed by atoms with E-state index in [-0.39, 0.29) is 23.3 Å². The summed E-state index contributed by atoms with van der Waals surface area (Å²) in [5.41, 5.74) is 1.51. The van der Waals surface area contributed by atoms with E-state index in [1.54, 1.807) is 12.1 Å². The smallest absolute Gasteiger partial charge is 0.413 e. The number of phenols is 1. The molecule has 0 aromatic heterocycles. The van der Waals surface area contributed by atoms with Crippen LogP contribution in [0, 0.1) is 4.91 Å². The van der Waals surface area contributed by atoms with Crippen LogP contribution in [-0.4, -0.2) is 42.5 Å². The minimum Gasteiger partial charge on any atom is -0.507 e. The molecule has 1 unspecified atom stereocenters. The zero-order valence-electron chi connectivity index (χ0n) is 18.8. The number of hydrogen-bond donors (Lipinski definition) is 2. The molecular weight excluding hydrogens is 416 g/mol. The van der Waals surface area contributed by atoms with Gasteiger partial charge in [0.25, 0.3) is 0 Å². The molecule has 2 aromatic carbocycles. The number of carbonyl (C=O) groups is 2. The summed E-state index contributed by atoms with van der Waals surface area (Å²) in [6, 6.07) is 8.20. The number of aromatic carboxylic acids is 1. The number of anilines is 1. The number of nitroso groups, excluding NO2 is 1. The number of aromatic hydroxyl groups is 1. The predicted molar refractivity (Wildman–Crippen MR) is 120 cm³/mol. The Morgan fingerprint density at radius 3 is 2.34 bits per heavy atom. The van der Waals surface area contributed by atoms with E-state index in [4.69, 9.17) is 14.6 Å². The first kappa shape index (κ1) is 24.6. The highest BCUT2D eigenvalue weighted by molar-refractivity contribution is 5.91. The number of carboxylic acid groups (broad SMARTS) is 1. The first-order valence-corrected chi connectivity index (χ1v) is 10.0. The van der Waals surface area contributed by atoms with Crippen LogP contribution in [0.25, 0.3) is 0 Å². The van der Waals surface area contributed by atoms with Crippen molar-refractivity contribution in [2.24, 2.45) is 5.18 Å². The number of carbonyl (C=O) groups excluding carboxylic acids is 1. The molecule has 9 nitrogen and oxygen atoms in total. The predicted octanol–water partition coefficient (Wildman–Crippen LogP) is 4.87. The molecule has 0 spiro atoms. The third kappa shape index (κ3) is 5.54. The third-order valence-corrected chi connectivity index (χ3v) is 4.95. The lowest BCUT2D eigenvalue weighted by molar-refractivity contribution is 0.0693. The van der Waals surface area contributed by atoms with Crippen LogP contribution in [0.15, 0.2) is 41.6 Å². The fourth-order valence-corrected chi connectivity index (χ4v) is 3.25. The monoisotopic (exact) mass is 444 g/mol. The van der Waals surface area contributed by atoms with Crippen LogP contribution < -0.4 is 9.64 Å². The Kier molecular flexibility index (Phi) is 7.80. The molecule has 1 amide bonds. The van der Waals surface area contributed by atoms with E-state index < -0.39 is 23.9 Å². The Morgan fingerprint density at radius 1 is 1.16 bits per heavy atom. The average Bonchev–Trinajstić information content (AvgIpc) is 2.74. The summed E-state index contributed by atoms with van der Waals surface area (Å²) in [7, 11) is 1.32. The second kappa shape index (κ2) is 10.1. The van der Waals surface area contributed by atoms with Crippen molar-refractivity contribution < 1.29 is 29.3 Å².